The van der Waals surface area contributed by atoms with Crippen LogP contribution in [0.5, 0.6) is 10.8 Å². The number of benzene rings is 2. The predicted molar refractivity (Wildman–Crippen MR) is 102 cm³/mol. The fourth-order valence-corrected chi connectivity index (χ4v) is 3.81. The van der Waals surface area contributed by atoms with Crippen LogP contribution in [0.3, 0.4) is 0 Å². The minimum Gasteiger partial charge on any atom is -0.496 e. The van der Waals surface area contributed by atoms with Crippen LogP contribution in [0, 0.1) is 5.82 Å². The van der Waals surface area contributed by atoms with E-state index in [1.54, 1.807) is 30.3 Å². The van der Waals surface area contributed by atoms with Crippen molar-refractivity contribution >= 4 is 22.9 Å². The van der Waals surface area contributed by atoms with Gasteiger partial charge in [-0.2, -0.15) is 0 Å². The largest absolute Gasteiger partial charge is 0.496 e. The van der Waals surface area contributed by atoms with Crippen molar-refractivity contribution in [2.45, 2.75) is 13.3 Å². The standard InChI is InChI=1S/C20H18ClFO2S/c1-3-24-18-10-8-16(25-18)12-14-7-9-17(23-2)19(20(14)22)13-5-4-6-15(21)11-13/h4-11H,3,12H2,1-2H3. The van der Waals surface area contributed by atoms with Crippen LogP contribution in [-0.2, 0) is 6.42 Å². The maximum absolute atomic E-state index is 15.2. The van der Waals surface area contributed by atoms with Gasteiger partial charge in [-0.15, -0.1) is 11.3 Å². The van der Waals surface area contributed by atoms with Crippen molar-refractivity contribution in [2.75, 3.05) is 13.7 Å². The molecule has 0 aliphatic rings. The molecule has 3 aromatic rings. The Labute approximate surface area is 155 Å². The van der Waals surface area contributed by atoms with Gasteiger partial charge >= 0.3 is 0 Å². The molecule has 0 N–H and O–H groups in total. The average molecular weight is 377 g/mol. The molecule has 2 nitrogen and oxygen atoms in total. The van der Waals surface area contributed by atoms with Gasteiger partial charge in [-0.25, -0.2) is 4.39 Å². The van der Waals surface area contributed by atoms with Gasteiger partial charge in [0, 0.05) is 16.3 Å². The Kier molecular flexibility index (Phi) is 5.61. The van der Waals surface area contributed by atoms with E-state index in [1.807, 2.05) is 25.1 Å². The molecule has 1 aromatic heterocycles. The van der Waals surface area contributed by atoms with E-state index < -0.39 is 0 Å². The van der Waals surface area contributed by atoms with E-state index >= 15 is 4.39 Å². The summed E-state index contributed by atoms with van der Waals surface area (Å²) < 4.78 is 26.1. The second-order valence-corrected chi connectivity index (χ2v) is 7.02. The summed E-state index contributed by atoms with van der Waals surface area (Å²) in [6.45, 7) is 2.57. The van der Waals surface area contributed by atoms with E-state index in [-0.39, 0.29) is 5.82 Å². The lowest BCUT2D eigenvalue weighted by molar-refractivity contribution is 0.350. The second kappa shape index (κ2) is 7.89. The molecule has 1 heterocycles. The van der Waals surface area contributed by atoms with Crippen LogP contribution in [0.4, 0.5) is 4.39 Å². The molecule has 0 radical (unpaired) electrons. The lowest BCUT2D eigenvalue weighted by Gasteiger charge is -2.13. The number of halogens is 2. The van der Waals surface area contributed by atoms with Gasteiger partial charge < -0.3 is 9.47 Å². The summed E-state index contributed by atoms with van der Waals surface area (Å²) in [6.07, 6.45) is 0.501. The highest BCUT2D eigenvalue weighted by Crippen LogP contribution is 2.37. The fourth-order valence-electron chi connectivity index (χ4n) is 2.68. The summed E-state index contributed by atoms with van der Waals surface area (Å²) in [7, 11) is 1.54. The molecule has 0 amide bonds. The Bertz CT molecular complexity index is 876. The quantitative estimate of drug-likeness (QED) is 0.509. The third-order valence-corrected chi connectivity index (χ3v) is 5.04. The highest BCUT2D eigenvalue weighted by Gasteiger charge is 2.17. The lowest BCUT2D eigenvalue weighted by Crippen LogP contribution is -1.98. The number of methoxy groups -OCH3 is 1. The van der Waals surface area contributed by atoms with Crippen molar-refractivity contribution in [3.63, 3.8) is 0 Å². The Balaban J connectivity index is 1.99. The molecule has 3 rings (SSSR count). The zero-order chi connectivity index (χ0) is 17.8. The van der Waals surface area contributed by atoms with Crippen LogP contribution < -0.4 is 9.47 Å². The van der Waals surface area contributed by atoms with Crippen molar-refractivity contribution in [1.29, 1.82) is 0 Å². The minimum atomic E-state index is -0.284. The second-order valence-electron chi connectivity index (χ2n) is 5.46. The molecule has 0 saturated heterocycles. The van der Waals surface area contributed by atoms with Crippen LogP contribution >= 0.6 is 22.9 Å². The van der Waals surface area contributed by atoms with Crippen molar-refractivity contribution in [3.05, 3.63) is 69.8 Å². The lowest BCUT2D eigenvalue weighted by atomic mass is 9.99. The van der Waals surface area contributed by atoms with Crippen molar-refractivity contribution in [2.24, 2.45) is 0 Å². The number of hydrogen-bond acceptors (Lipinski definition) is 3. The zero-order valence-corrected chi connectivity index (χ0v) is 15.6. The molecular formula is C20H18ClFO2S. The van der Waals surface area contributed by atoms with Crippen LogP contribution in [0.25, 0.3) is 11.1 Å². The molecule has 0 saturated carbocycles. The summed E-state index contributed by atoms with van der Waals surface area (Å²) in [5.41, 5.74) is 1.75. The molecule has 0 bridgehead atoms. The van der Waals surface area contributed by atoms with Crippen LogP contribution in [-0.4, -0.2) is 13.7 Å². The zero-order valence-electron chi connectivity index (χ0n) is 14.0. The number of rotatable bonds is 6. The summed E-state index contributed by atoms with van der Waals surface area (Å²) in [6, 6.07) is 14.6. The normalized spacial score (nSPS) is 10.7. The van der Waals surface area contributed by atoms with Gasteiger partial charge in [-0.05, 0) is 48.4 Å². The smallest absolute Gasteiger partial charge is 0.173 e. The molecule has 0 fully saturated rings. The first kappa shape index (κ1) is 17.8. The van der Waals surface area contributed by atoms with Gasteiger partial charge in [0.15, 0.2) is 5.06 Å². The number of thiophene rings is 1. The van der Waals surface area contributed by atoms with E-state index in [4.69, 9.17) is 21.1 Å². The third-order valence-electron chi connectivity index (χ3n) is 3.81. The molecule has 5 heteroatoms. The van der Waals surface area contributed by atoms with Crippen LogP contribution in [0.1, 0.15) is 17.4 Å². The van der Waals surface area contributed by atoms with Crippen molar-refractivity contribution in [1.82, 2.24) is 0 Å². The molecule has 0 unspecified atom stereocenters. The first-order chi connectivity index (χ1) is 12.1. The maximum Gasteiger partial charge on any atom is 0.173 e. The highest BCUT2D eigenvalue weighted by atomic mass is 35.5. The molecule has 25 heavy (non-hydrogen) atoms. The fraction of sp³-hybridized carbons (Fsp3) is 0.200. The summed E-state index contributed by atoms with van der Waals surface area (Å²) in [5, 5.41) is 1.41. The van der Waals surface area contributed by atoms with E-state index in [9.17, 15) is 0 Å². The monoisotopic (exact) mass is 376 g/mol. The Hall–Kier alpha value is -2.04. The molecule has 130 valence electrons. The highest BCUT2D eigenvalue weighted by molar-refractivity contribution is 7.13. The third kappa shape index (κ3) is 3.97. The van der Waals surface area contributed by atoms with Crippen molar-refractivity contribution < 1.29 is 13.9 Å². The molecular weight excluding hydrogens is 359 g/mol. The van der Waals surface area contributed by atoms with Gasteiger partial charge in [0.2, 0.25) is 0 Å². The molecule has 0 atom stereocenters. The average Bonchev–Trinajstić information content (AvgIpc) is 3.04. The Morgan fingerprint density at radius 3 is 2.68 bits per heavy atom. The molecule has 0 spiro atoms. The van der Waals surface area contributed by atoms with Gasteiger partial charge in [0.05, 0.1) is 19.3 Å². The van der Waals surface area contributed by atoms with Crippen LogP contribution in [0.2, 0.25) is 5.02 Å². The predicted octanol–water partition coefficient (Wildman–Crippen LogP) is 6.21. The molecule has 2 aromatic carbocycles. The van der Waals surface area contributed by atoms with Crippen molar-refractivity contribution in [3.8, 4) is 21.9 Å². The first-order valence-corrected chi connectivity index (χ1v) is 9.14. The Morgan fingerprint density at radius 2 is 1.96 bits per heavy atom. The summed E-state index contributed by atoms with van der Waals surface area (Å²) >= 11 is 7.60. The minimum absolute atomic E-state index is 0.284. The van der Waals surface area contributed by atoms with Gasteiger partial charge in [0.25, 0.3) is 0 Å². The number of ether oxygens (including phenoxy) is 2. The van der Waals surface area contributed by atoms with Gasteiger partial charge in [0.1, 0.15) is 11.6 Å². The van der Waals surface area contributed by atoms with E-state index in [1.165, 1.54) is 18.4 Å². The van der Waals surface area contributed by atoms with E-state index in [0.29, 0.717) is 40.5 Å². The first-order valence-electron chi connectivity index (χ1n) is 7.95. The number of hydrogen-bond donors (Lipinski definition) is 0. The molecule has 0 aliphatic heterocycles. The van der Waals surface area contributed by atoms with Crippen LogP contribution in [0.15, 0.2) is 48.5 Å². The summed E-state index contributed by atoms with van der Waals surface area (Å²) in [5.74, 6) is 0.206. The van der Waals surface area contributed by atoms with Gasteiger partial charge in [-0.3, -0.25) is 0 Å². The SMILES string of the molecule is CCOc1ccc(Cc2ccc(OC)c(-c3cccc(Cl)c3)c2F)s1. The topological polar surface area (TPSA) is 18.5 Å². The van der Waals surface area contributed by atoms with Gasteiger partial charge in [-0.1, -0.05) is 29.8 Å². The molecule has 0 aliphatic carbocycles. The summed E-state index contributed by atoms with van der Waals surface area (Å²) in [4.78, 5) is 1.05. The maximum atomic E-state index is 15.2. The Morgan fingerprint density at radius 1 is 1.12 bits per heavy atom. The van der Waals surface area contributed by atoms with E-state index in [2.05, 4.69) is 0 Å². The van der Waals surface area contributed by atoms with E-state index in [0.717, 1.165) is 9.94 Å².